The lowest BCUT2D eigenvalue weighted by atomic mass is 10.1. The summed E-state index contributed by atoms with van der Waals surface area (Å²) >= 11 is 6.46. The first kappa shape index (κ1) is 21.5. The molecule has 0 spiro atoms. The Bertz CT molecular complexity index is 1030. The van der Waals surface area contributed by atoms with Crippen LogP contribution in [0.5, 0.6) is 5.75 Å². The number of esters is 1. The quantitative estimate of drug-likeness (QED) is 0.393. The molecule has 1 fully saturated rings. The molecule has 1 heterocycles. The van der Waals surface area contributed by atoms with Crippen LogP contribution < -0.4 is 9.64 Å². The molecule has 7 nitrogen and oxygen atoms in total. The van der Waals surface area contributed by atoms with Gasteiger partial charge in [0.05, 0.1) is 22.8 Å². The molecule has 0 atom stereocenters. The van der Waals surface area contributed by atoms with E-state index in [-0.39, 0.29) is 18.1 Å². The number of rotatable bonds is 7. The molecule has 154 valence electrons. The smallest absolute Gasteiger partial charge is 0.344 e. The largest absolute Gasteiger partial charge is 0.482 e. The molecule has 0 aliphatic carbocycles. The van der Waals surface area contributed by atoms with Crippen molar-refractivity contribution in [3.8, 4) is 5.75 Å². The van der Waals surface area contributed by atoms with Crippen molar-refractivity contribution < 1.29 is 29.0 Å². The maximum absolute atomic E-state index is 12.8. The van der Waals surface area contributed by atoms with Gasteiger partial charge in [0, 0.05) is 0 Å². The minimum Gasteiger partial charge on any atom is -0.482 e. The molecule has 0 saturated carbocycles. The van der Waals surface area contributed by atoms with Crippen LogP contribution in [0.15, 0.2) is 53.4 Å². The zero-order valence-corrected chi connectivity index (χ0v) is 17.5. The number of nitrogens with zero attached hydrogens (tertiary/aromatic N) is 1. The molecule has 1 saturated heterocycles. The van der Waals surface area contributed by atoms with Crippen molar-refractivity contribution in [3.05, 3.63) is 64.6 Å². The van der Waals surface area contributed by atoms with Crippen LogP contribution in [0.1, 0.15) is 22.8 Å². The summed E-state index contributed by atoms with van der Waals surface area (Å²) in [5, 5.41) is 9.16. The Morgan fingerprint density at radius 3 is 2.60 bits per heavy atom. The third-order valence-electron chi connectivity index (χ3n) is 3.98. The van der Waals surface area contributed by atoms with Crippen LogP contribution >= 0.6 is 24.0 Å². The lowest BCUT2D eigenvalue weighted by molar-refractivity contribution is -0.145. The standard InChI is InChI=1S/C21H17NO6S2/c1-2-27-18(23)12-28-16-8-6-13(7-9-16)10-17-19(24)22(21(29)30-17)15-5-3-4-14(11-15)20(25)26/h3-11H,2,12H2,1H3,(H,25,26)/b17-10+. The van der Waals surface area contributed by atoms with E-state index in [1.165, 1.54) is 17.0 Å². The fourth-order valence-electron chi connectivity index (χ4n) is 2.62. The van der Waals surface area contributed by atoms with Crippen LogP contribution in [0.3, 0.4) is 0 Å². The molecule has 2 aromatic carbocycles. The Hall–Kier alpha value is -3.17. The molecule has 2 aromatic rings. The molecule has 0 bridgehead atoms. The van der Waals surface area contributed by atoms with Crippen molar-refractivity contribution in [1.29, 1.82) is 0 Å². The normalized spacial score (nSPS) is 14.8. The highest BCUT2D eigenvalue weighted by Gasteiger charge is 2.33. The van der Waals surface area contributed by atoms with Gasteiger partial charge in [-0.1, -0.05) is 42.2 Å². The highest BCUT2D eigenvalue weighted by atomic mass is 32.2. The van der Waals surface area contributed by atoms with Crippen LogP contribution in [0.2, 0.25) is 0 Å². The second-order valence-electron chi connectivity index (χ2n) is 6.04. The van der Waals surface area contributed by atoms with E-state index in [9.17, 15) is 14.4 Å². The zero-order valence-electron chi connectivity index (χ0n) is 15.9. The molecule has 1 amide bonds. The summed E-state index contributed by atoms with van der Waals surface area (Å²) in [7, 11) is 0. The van der Waals surface area contributed by atoms with Crippen molar-refractivity contribution in [3.63, 3.8) is 0 Å². The molecule has 1 N–H and O–H groups in total. The number of thiocarbonyl (C=S) groups is 1. The number of ether oxygens (including phenoxy) is 2. The lowest BCUT2D eigenvalue weighted by Crippen LogP contribution is -2.27. The number of carboxylic acids is 1. The van der Waals surface area contributed by atoms with Gasteiger partial charge in [0.25, 0.3) is 5.91 Å². The number of thioether (sulfide) groups is 1. The highest BCUT2D eigenvalue weighted by Crippen LogP contribution is 2.36. The second-order valence-corrected chi connectivity index (χ2v) is 7.71. The van der Waals surface area contributed by atoms with Crippen LogP contribution in [-0.2, 0) is 14.3 Å². The van der Waals surface area contributed by atoms with E-state index < -0.39 is 11.9 Å². The van der Waals surface area contributed by atoms with Crippen LogP contribution in [0.4, 0.5) is 5.69 Å². The zero-order chi connectivity index (χ0) is 21.7. The highest BCUT2D eigenvalue weighted by molar-refractivity contribution is 8.27. The van der Waals surface area contributed by atoms with Crippen molar-refractivity contribution in [2.24, 2.45) is 0 Å². The first-order chi connectivity index (χ1) is 14.4. The van der Waals surface area contributed by atoms with Gasteiger partial charge in [-0.2, -0.15) is 0 Å². The third kappa shape index (κ3) is 5.05. The third-order valence-corrected chi connectivity index (χ3v) is 5.29. The summed E-state index contributed by atoms with van der Waals surface area (Å²) in [6.07, 6.45) is 1.69. The summed E-state index contributed by atoms with van der Waals surface area (Å²) < 4.78 is 10.5. The molecule has 9 heteroatoms. The number of carbonyl (C=O) groups is 3. The monoisotopic (exact) mass is 443 g/mol. The van der Waals surface area contributed by atoms with Gasteiger partial charge in [-0.15, -0.1) is 0 Å². The minimum atomic E-state index is -1.08. The summed E-state index contributed by atoms with van der Waals surface area (Å²) in [6.45, 7) is 1.83. The predicted molar refractivity (Wildman–Crippen MR) is 118 cm³/mol. The first-order valence-corrected chi connectivity index (χ1v) is 10.1. The Balaban J connectivity index is 1.73. The van der Waals surface area contributed by atoms with E-state index in [1.807, 2.05) is 0 Å². The fourth-order valence-corrected chi connectivity index (χ4v) is 3.92. The number of benzene rings is 2. The minimum absolute atomic E-state index is 0.0731. The number of anilines is 1. The fraction of sp³-hybridized carbons (Fsp3) is 0.143. The number of carboxylic acid groups (broad SMARTS) is 1. The molecular weight excluding hydrogens is 426 g/mol. The van der Waals surface area contributed by atoms with Gasteiger partial charge >= 0.3 is 11.9 Å². The van der Waals surface area contributed by atoms with E-state index in [0.29, 0.717) is 27.3 Å². The summed E-state index contributed by atoms with van der Waals surface area (Å²) in [5.74, 6) is -1.35. The molecule has 3 rings (SSSR count). The molecule has 0 aromatic heterocycles. The average molecular weight is 444 g/mol. The Labute approximate surface area is 182 Å². The molecular formula is C21H17NO6S2. The van der Waals surface area contributed by atoms with Gasteiger partial charge in [-0.3, -0.25) is 9.69 Å². The van der Waals surface area contributed by atoms with Gasteiger partial charge in [-0.05, 0) is 48.9 Å². The van der Waals surface area contributed by atoms with Gasteiger partial charge in [-0.25, -0.2) is 9.59 Å². The van der Waals surface area contributed by atoms with Crippen LogP contribution in [0.25, 0.3) is 6.08 Å². The second kappa shape index (κ2) is 9.55. The number of carbonyl (C=O) groups excluding carboxylic acids is 2. The summed E-state index contributed by atoms with van der Waals surface area (Å²) in [6, 6.07) is 12.9. The summed E-state index contributed by atoms with van der Waals surface area (Å²) in [5.41, 5.74) is 1.23. The van der Waals surface area contributed by atoms with Crippen molar-refractivity contribution in [1.82, 2.24) is 0 Å². The number of hydrogen-bond acceptors (Lipinski definition) is 7. The van der Waals surface area contributed by atoms with Crippen LogP contribution in [-0.4, -0.2) is 40.5 Å². The van der Waals surface area contributed by atoms with Gasteiger partial charge < -0.3 is 14.6 Å². The van der Waals surface area contributed by atoms with Crippen molar-refractivity contribution >= 4 is 57.9 Å². The molecule has 0 radical (unpaired) electrons. The average Bonchev–Trinajstić information content (AvgIpc) is 3.00. The molecule has 0 unspecified atom stereocenters. The number of aromatic carboxylic acids is 1. The van der Waals surface area contributed by atoms with E-state index >= 15 is 0 Å². The van der Waals surface area contributed by atoms with Gasteiger partial charge in [0.15, 0.2) is 10.9 Å². The van der Waals surface area contributed by atoms with E-state index in [1.54, 1.807) is 49.4 Å². The Kier molecular flexibility index (Phi) is 6.86. The molecule has 1 aliphatic heterocycles. The SMILES string of the molecule is CCOC(=O)COc1ccc(/C=C2/SC(=S)N(c3cccc(C(=O)O)c3)C2=O)cc1. The maximum Gasteiger partial charge on any atom is 0.344 e. The number of amides is 1. The lowest BCUT2D eigenvalue weighted by Gasteiger charge is -2.14. The number of hydrogen-bond donors (Lipinski definition) is 1. The predicted octanol–water partition coefficient (Wildman–Crippen LogP) is 3.73. The topological polar surface area (TPSA) is 93.1 Å². The van der Waals surface area contributed by atoms with Crippen LogP contribution in [0, 0.1) is 0 Å². The molecule has 1 aliphatic rings. The Morgan fingerprint density at radius 2 is 1.93 bits per heavy atom. The van der Waals surface area contributed by atoms with E-state index in [2.05, 4.69) is 0 Å². The molecule has 30 heavy (non-hydrogen) atoms. The van der Waals surface area contributed by atoms with Crippen molar-refractivity contribution in [2.45, 2.75) is 6.92 Å². The van der Waals surface area contributed by atoms with E-state index in [4.69, 9.17) is 26.8 Å². The summed E-state index contributed by atoms with van der Waals surface area (Å²) in [4.78, 5) is 37.1. The maximum atomic E-state index is 12.8. The van der Waals surface area contributed by atoms with Gasteiger partial charge in [0.2, 0.25) is 0 Å². The van der Waals surface area contributed by atoms with Crippen molar-refractivity contribution in [2.75, 3.05) is 18.1 Å². The van der Waals surface area contributed by atoms with E-state index in [0.717, 1.165) is 17.3 Å². The first-order valence-electron chi connectivity index (χ1n) is 8.89. The van der Waals surface area contributed by atoms with Gasteiger partial charge in [0.1, 0.15) is 5.75 Å². The Morgan fingerprint density at radius 1 is 1.20 bits per heavy atom.